The Morgan fingerprint density at radius 2 is 2.18 bits per heavy atom. The molecule has 5 nitrogen and oxygen atoms in total. The first-order chi connectivity index (χ1) is 7.79. The van der Waals surface area contributed by atoms with Gasteiger partial charge in [0.25, 0.3) is 0 Å². The molecule has 0 atom stereocenters. The highest BCUT2D eigenvalue weighted by atomic mass is 16.5. The molecule has 0 amide bonds. The molecule has 17 heavy (non-hydrogen) atoms. The van der Waals surface area contributed by atoms with Crippen LogP contribution in [-0.4, -0.2) is 22.5 Å². The maximum atomic E-state index is 9.56. The number of hydrogen-bond acceptors (Lipinski definition) is 4. The lowest BCUT2D eigenvalue weighted by Gasteiger charge is -2.18. The zero-order valence-electron chi connectivity index (χ0n) is 10.4. The molecule has 0 aromatic carbocycles. The van der Waals surface area contributed by atoms with Gasteiger partial charge in [-0.05, 0) is 11.8 Å². The van der Waals surface area contributed by atoms with Crippen molar-refractivity contribution < 1.29 is 9.84 Å². The predicted octanol–water partition coefficient (Wildman–Crippen LogP) is 1.89. The van der Waals surface area contributed by atoms with Crippen LogP contribution in [0.15, 0.2) is 12.3 Å². The molecule has 0 saturated carbocycles. The molecule has 94 valence electrons. The lowest BCUT2D eigenvalue weighted by atomic mass is 9.93. The number of ether oxygens (including phenoxy) is 1. The third kappa shape index (κ3) is 4.30. The van der Waals surface area contributed by atoms with Crippen LogP contribution in [0.1, 0.15) is 32.9 Å². The number of nitrogens with two attached hydrogens (primary N) is 1. The Bertz CT molecular complexity index is 411. The van der Waals surface area contributed by atoms with Gasteiger partial charge in [-0.1, -0.05) is 20.8 Å². The van der Waals surface area contributed by atoms with Crippen LogP contribution in [0.25, 0.3) is 0 Å². The van der Waals surface area contributed by atoms with Crippen molar-refractivity contribution in [3.05, 3.63) is 18.0 Å². The summed E-state index contributed by atoms with van der Waals surface area (Å²) in [6.07, 6.45) is 2.36. The van der Waals surface area contributed by atoms with Crippen LogP contribution in [0.5, 0.6) is 11.5 Å². The van der Waals surface area contributed by atoms with Crippen molar-refractivity contribution in [3.8, 4) is 11.5 Å². The topological polar surface area (TPSA) is 92.2 Å². The van der Waals surface area contributed by atoms with Crippen molar-refractivity contribution in [1.82, 2.24) is 4.98 Å². The summed E-state index contributed by atoms with van der Waals surface area (Å²) in [6.45, 7) is 6.95. The van der Waals surface area contributed by atoms with Crippen molar-refractivity contribution in [1.29, 1.82) is 5.41 Å². The molecule has 1 aromatic rings. The molecule has 1 heterocycles. The number of nitrogen functional groups attached to an aromatic ring is 1. The van der Waals surface area contributed by atoms with Crippen molar-refractivity contribution in [2.45, 2.75) is 27.2 Å². The van der Waals surface area contributed by atoms with Crippen LogP contribution in [0.3, 0.4) is 0 Å². The van der Waals surface area contributed by atoms with Crippen LogP contribution in [0.4, 0.5) is 0 Å². The zero-order chi connectivity index (χ0) is 13.1. The van der Waals surface area contributed by atoms with E-state index in [0.717, 1.165) is 6.42 Å². The van der Waals surface area contributed by atoms with E-state index in [2.05, 4.69) is 25.8 Å². The number of aromatic nitrogens is 1. The third-order valence-electron chi connectivity index (χ3n) is 2.22. The minimum Gasteiger partial charge on any atom is -0.505 e. The fourth-order valence-corrected chi connectivity index (χ4v) is 1.20. The van der Waals surface area contributed by atoms with Crippen LogP contribution in [0, 0.1) is 10.8 Å². The Morgan fingerprint density at radius 3 is 2.65 bits per heavy atom. The molecule has 0 aliphatic carbocycles. The number of nitrogens with one attached hydrogen (secondary N) is 1. The van der Waals surface area contributed by atoms with E-state index in [1.165, 1.54) is 12.3 Å². The summed E-state index contributed by atoms with van der Waals surface area (Å²) in [5, 5.41) is 16.7. The number of pyridine rings is 1. The molecule has 4 N–H and O–H groups in total. The van der Waals surface area contributed by atoms with Crippen LogP contribution in [-0.2, 0) is 0 Å². The SMILES string of the molecule is CC(C)(C)CCOc1cnc(C(=N)N)c(O)c1. The monoisotopic (exact) mass is 237 g/mol. The third-order valence-corrected chi connectivity index (χ3v) is 2.22. The average Bonchev–Trinajstić information content (AvgIpc) is 2.15. The average molecular weight is 237 g/mol. The lowest BCUT2D eigenvalue weighted by Crippen LogP contribution is -2.14. The smallest absolute Gasteiger partial charge is 0.148 e. The molecular formula is C12H19N3O2. The Kier molecular flexibility index (Phi) is 3.93. The van der Waals surface area contributed by atoms with E-state index in [0.29, 0.717) is 12.4 Å². The van der Waals surface area contributed by atoms with Gasteiger partial charge in [0.1, 0.15) is 23.0 Å². The zero-order valence-corrected chi connectivity index (χ0v) is 10.4. The quantitative estimate of drug-likeness (QED) is 0.550. The molecular weight excluding hydrogens is 218 g/mol. The van der Waals surface area contributed by atoms with Crippen molar-refractivity contribution in [3.63, 3.8) is 0 Å². The van der Waals surface area contributed by atoms with Gasteiger partial charge in [0, 0.05) is 6.07 Å². The van der Waals surface area contributed by atoms with Crippen molar-refractivity contribution in [2.75, 3.05) is 6.61 Å². The largest absolute Gasteiger partial charge is 0.505 e. The van der Waals surface area contributed by atoms with Crippen molar-refractivity contribution >= 4 is 5.84 Å². The second kappa shape index (κ2) is 5.03. The van der Waals surface area contributed by atoms with Gasteiger partial charge in [0.2, 0.25) is 0 Å². The fourth-order valence-electron chi connectivity index (χ4n) is 1.20. The first-order valence-electron chi connectivity index (χ1n) is 5.46. The Labute approximate surface area is 101 Å². The lowest BCUT2D eigenvalue weighted by molar-refractivity contribution is 0.241. The van der Waals surface area contributed by atoms with Crippen molar-refractivity contribution in [2.24, 2.45) is 11.1 Å². The summed E-state index contributed by atoms with van der Waals surface area (Å²) in [4.78, 5) is 3.87. The number of rotatable bonds is 4. The molecule has 0 spiro atoms. The highest BCUT2D eigenvalue weighted by molar-refractivity contribution is 5.95. The van der Waals surface area contributed by atoms with Crippen LogP contribution < -0.4 is 10.5 Å². The van der Waals surface area contributed by atoms with Gasteiger partial charge in [0.15, 0.2) is 0 Å². The summed E-state index contributed by atoms with van der Waals surface area (Å²) >= 11 is 0. The molecule has 5 heteroatoms. The van der Waals surface area contributed by atoms with Crippen LogP contribution in [0.2, 0.25) is 0 Å². The van der Waals surface area contributed by atoms with E-state index in [-0.39, 0.29) is 22.7 Å². The Morgan fingerprint density at radius 1 is 1.53 bits per heavy atom. The van der Waals surface area contributed by atoms with Gasteiger partial charge in [-0.3, -0.25) is 5.41 Å². The highest BCUT2D eigenvalue weighted by Crippen LogP contribution is 2.22. The maximum absolute atomic E-state index is 9.56. The molecule has 0 radical (unpaired) electrons. The molecule has 0 unspecified atom stereocenters. The molecule has 0 saturated heterocycles. The van der Waals surface area contributed by atoms with Gasteiger partial charge in [-0.25, -0.2) is 4.98 Å². The fraction of sp³-hybridized carbons (Fsp3) is 0.500. The number of amidine groups is 1. The van der Waals surface area contributed by atoms with Gasteiger partial charge in [-0.15, -0.1) is 0 Å². The first-order valence-corrected chi connectivity index (χ1v) is 5.46. The summed E-state index contributed by atoms with van der Waals surface area (Å²) in [5.74, 6) is 0.0891. The number of aromatic hydroxyl groups is 1. The summed E-state index contributed by atoms with van der Waals surface area (Å²) in [5.41, 5.74) is 5.52. The van der Waals surface area contributed by atoms with Gasteiger partial charge < -0.3 is 15.6 Å². The highest BCUT2D eigenvalue weighted by Gasteiger charge is 2.11. The normalized spacial score (nSPS) is 11.2. The molecule has 0 fully saturated rings. The summed E-state index contributed by atoms with van der Waals surface area (Å²) < 4.78 is 5.46. The first kappa shape index (κ1) is 13.3. The Hall–Kier alpha value is -1.78. The van der Waals surface area contributed by atoms with Gasteiger partial charge >= 0.3 is 0 Å². The predicted molar refractivity (Wildman–Crippen MR) is 66.5 cm³/mol. The van der Waals surface area contributed by atoms with E-state index in [1.54, 1.807) is 0 Å². The maximum Gasteiger partial charge on any atom is 0.148 e. The standard InChI is InChI=1S/C12H19N3O2/c1-12(2,3)4-5-17-8-6-9(16)10(11(13)14)15-7-8/h6-7,16H,4-5H2,1-3H3,(H3,13,14). The molecule has 1 aromatic heterocycles. The second-order valence-corrected chi connectivity index (χ2v) is 5.11. The van der Waals surface area contributed by atoms with E-state index in [9.17, 15) is 5.11 Å². The molecule has 1 rings (SSSR count). The molecule has 0 aliphatic heterocycles. The number of hydrogen-bond donors (Lipinski definition) is 3. The van der Waals surface area contributed by atoms with Gasteiger partial charge in [-0.2, -0.15) is 0 Å². The second-order valence-electron chi connectivity index (χ2n) is 5.11. The van der Waals surface area contributed by atoms with E-state index < -0.39 is 0 Å². The van der Waals surface area contributed by atoms with E-state index >= 15 is 0 Å². The number of nitrogens with zero attached hydrogens (tertiary/aromatic N) is 1. The summed E-state index contributed by atoms with van der Waals surface area (Å²) in [7, 11) is 0. The minimum atomic E-state index is -0.260. The minimum absolute atomic E-state index is 0.0770. The Balaban J connectivity index is 2.62. The molecule has 0 bridgehead atoms. The molecule has 0 aliphatic rings. The van der Waals surface area contributed by atoms with Crippen LogP contribution >= 0.6 is 0 Å². The van der Waals surface area contributed by atoms with E-state index in [1.807, 2.05) is 0 Å². The van der Waals surface area contributed by atoms with E-state index in [4.69, 9.17) is 15.9 Å². The van der Waals surface area contributed by atoms with Gasteiger partial charge in [0.05, 0.1) is 12.8 Å². The summed E-state index contributed by atoms with van der Waals surface area (Å²) in [6, 6.07) is 1.42.